The van der Waals surface area contributed by atoms with Crippen LogP contribution in [0.5, 0.6) is 11.6 Å². The van der Waals surface area contributed by atoms with Gasteiger partial charge in [0, 0.05) is 24.2 Å². The van der Waals surface area contributed by atoms with E-state index in [2.05, 4.69) is 27.8 Å². The van der Waals surface area contributed by atoms with E-state index in [9.17, 15) is 5.26 Å². The Morgan fingerprint density at radius 1 is 0.909 bits per heavy atom. The lowest BCUT2D eigenvalue weighted by atomic mass is 10.1. The number of fused-ring (bicyclic) bond motifs is 1. The number of nitriles is 2. The molecule has 0 fully saturated rings. The van der Waals surface area contributed by atoms with Gasteiger partial charge in [0.25, 0.3) is 0 Å². The van der Waals surface area contributed by atoms with Gasteiger partial charge in [-0.1, -0.05) is 0 Å². The van der Waals surface area contributed by atoms with Crippen LogP contribution < -0.4 is 15.4 Å². The zero-order valence-electron chi connectivity index (χ0n) is 18.3. The lowest BCUT2D eigenvalue weighted by molar-refractivity contribution is 0.448. The smallest absolute Gasteiger partial charge is 0.230 e. The maximum atomic E-state index is 9.22. The first-order valence-corrected chi connectivity index (χ1v) is 10.1. The van der Waals surface area contributed by atoms with E-state index in [1.807, 2.05) is 38.1 Å². The maximum absolute atomic E-state index is 9.22. The average Bonchev–Trinajstić information content (AvgIpc) is 3.02. The van der Waals surface area contributed by atoms with Gasteiger partial charge in [-0.25, -0.2) is 4.98 Å². The summed E-state index contributed by atoms with van der Waals surface area (Å²) in [6.45, 7) is 5.54. The Balaban J connectivity index is 0.00000193. The van der Waals surface area contributed by atoms with E-state index in [0.29, 0.717) is 28.7 Å². The van der Waals surface area contributed by atoms with Crippen LogP contribution in [0.1, 0.15) is 33.5 Å². The lowest BCUT2D eigenvalue weighted by Crippen LogP contribution is -2.16. The molecule has 33 heavy (non-hydrogen) atoms. The van der Waals surface area contributed by atoms with Crippen LogP contribution >= 0.6 is 24.8 Å². The molecule has 0 saturated carbocycles. The molecular formula is C24H24Cl2N6O. The molecule has 2 aromatic carbocycles. The van der Waals surface area contributed by atoms with Crippen LogP contribution in [0.4, 0.5) is 11.6 Å². The molecule has 2 N–H and O–H groups in total. The second-order valence-electron chi connectivity index (χ2n) is 7.49. The molecule has 0 unspecified atom stereocenters. The molecule has 2 heterocycles. The van der Waals surface area contributed by atoms with Gasteiger partial charge < -0.3 is 15.4 Å². The summed E-state index contributed by atoms with van der Waals surface area (Å²) in [6.07, 6.45) is 1.55. The van der Waals surface area contributed by atoms with E-state index in [1.165, 1.54) is 0 Å². The second kappa shape index (κ2) is 11.5. The number of hydrogen-bond acceptors (Lipinski definition) is 7. The maximum Gasteiger partial charge on any atom is 0.230 e. The molecule has 0 amide bonds. The third-order valence-corrected chi connectivity index (χ3v) is 5.20. The number of benzene rings is 2. The Hall–Kier alpha value is -3.36. The SMILES string of the molecule is Cc1cc(C#N)cc(C)c1Oc1nc(Nc2ccc(C#N)cc2)nc2c1CCNCC2.Cl.Cl. The quantitative estimate of drug-likeness (QED) is 0.543. The predicted molar refractivity (Wildman–Crippen MR) is 132 cm³/mol. The van der Waals surface area contributed by atoms with E-state index >= 15 is 0 Å². The molecule has 1 aromatic heterocycles. The molecule has 1 aliphatic rings. The number of nitrogens with one attached hydrogen (secondary N) is 2. The van der Waals surface area contributed by atoms with Crippen molar-refractivity contribution in [3.8, 4) is 23.8 Å². The zero-order chi connectivity index (χ0) is 21.8. The standard InChI is InChI=1S/C24H22N6O.2ClH/c1-15-11-18(14-26)12-16(2)22(15)31-23-20-7-9-27-10-8-21(20)29-24(30-23)28-19-5-3-17(13-25)4-6-19;;/h3-6,11-12,27H,7-10H2,1-2H3,(H,28,29,30);2*1H. The first-order chi connectivity index (χ1) is 15.1. The lowest BCUT2D eigenvalue weighted by Gasteiger charge is -2.17. The highest BCUT2D eigenvalue weighted by Gasteiger charge is 2.20. The van der Waals surface area contributed by atoms with Gasteiger partial charge in [0.15, 0.2) is 0 Å². The van der Waals surface area contributed by atoms with Crippen molar-refractivity contribution in [2.75, 3.05) is 18.4 Å². The van der Waals surface area contributed by atoms with Gasteiger partial charge in [-0.2, -0.15) is 15.5 Å². The summed E-state index contributed by atoms with van der Waals surface area (Å²) in [6, 6.07) is 15.1. The molecular weight excluding hydrogens is 459 g/mol. The Morgan fingerprint density at radius 2 is 1.55 bits per heavy atom. The normalized spacial score (nSPS) is 12.0. The van der Waals surface area contributed by atoms with E-state index in [0.717, 1.165) is 54.0 Å². The van der Waals surface area contributed by atoms with Gasteiger partial charge in [-0.15, -0.1) is 24.8 Å². The summed E-state index contributed by atoms with van der Waals surface area (Å²) in [5.74, 6) is 1.69. The molecule has 0 atom stereocenters. The van der Waals surface area contributed by atoms with Crippen molar-refractivity contribution in [2.45, 2.75) is 26.7 Å². The summed E-state index contributed by atoms with van der Waals surface area (Å²) < 4.78 is 6.34. The largest absolute Gasteiger partial charge is 0.438 e. The highest BCUT2D eigenvalue weighted by Crippen LogP contribution is 2.33. The second-order valence-corrected chi connectivity index (χ2v) is 7.49. The van der Waals surface area contributed by atoms with Gasteiger partial charge in [0.2, 0.25) is 11.8 Å². The molecule has 1 aliphatic heterocycles. The summed E-state index contributed by atoms with van der Waals surface area (Å²) in [4.78, 5) is 9.42. The van der Waals surface area contributed by atoms with E-state index in [-0.39, 0.29) is 24.8 Å². The molecule has 3 aromatic rings. The van der Waals surface area contributed by atoms with Crippen molar-refractivity contribution in [3.05, 3.63) is 69.9 Å². The molecule has 170 valence electrons. The van der Waals surface area contributed by atoms with Crippen LogP contribution in [0.25, 0.3) is 0 Å². The monoisotopic (exact) mass is 482 g/mol. The Kier molecular flexibility index (Phi) is 9.02. The minimum absolute atomic E-state index is 0. The Labute approximate surface area is 205 Å². The number of aromatic nitrogens is 2. The molecule has 0 saturated heterocycles. The fourth-order valence-electron chi connectivity index (χ4n) is 3.68. The van der Waals surface area contributed by atoms with Gasteiger partial charge in [0.1, 0.15) is 5.75 Å². The van der Waals surface area contributed by atoms with Crippen LogP contribution in [0.2, 0.25) is 0 Å². The average molecular weight is 483 g/mol. The summed E-state index contributed by atoms with van der Waals surface area (Å²) in [5.41, 5.74) is 5.72. The third kappa shape index (κ3) is 5.91. The van der Waals surface area contributed by atoms with Gasteiger partial charge in [0.05, 0.1) is 29.0 Å². The molecule has 0 radical (unpaired) electrons. The number of hydrogen-bond donors (Lipinski definition) is 2. The van der Waals surface area contributed by atoms with Crippen molar-refractivity contribution < 1.29 is 4.74 Å². The first kappa shape index (κ1) is 25.9. The van der Waals surface area contributed by atoms with Crippen molar-refractivity contribution in [1.29, 1.82) is 10.5 Å². The molecule has 0 aliphatic carbocycles. The molecule has 0 spiro atoms. The fraction of sp³-hybridized carbons (Fsp3) is 0.250. The Morgan fingerprint density at radius 3 is 2.18 bits per heavy atom. The van der Waals surface area contributed by atoms with Crippen LogP contribution in [0.15, 0.2) is 36.4 Å². The highest BCUT2D eigenvalue weighted by molar-refractivity contribution is 5.85. The van der Waals surface area contributed by atoms with Crippen molar-refractivity contribution in [2.24, 2.45) is 0 Å². The molecule has 9 heteroatoms. The van der Waals surface area contributed by atoms with E-state index in [1.54, 1.807) is 12.1 Å². The van der Waals surface area contributed by atoms with Gasteiger partial charge in [-0.3, -0.25) is 0 Å². The summed E-state index contributed by atoms with van der Waals surface area (Å²) in [5, 5.41) is 24.8. The number of aryl methyl sites for hydroxylation is 2. The zero-order valence-corrected chi connectivity index (χ0v) is 19.9. The van der Waals surface area contributed by atoms with E-state index < -0.39 is 0 Å². The predicted octanol–water partition coefficient (Wildman–Crippen LogP) is 4.90. The number of anilines is 2. The van der Waals surface area contributed by atoms with Gasteiger partial charge >= 0.3 is 0 Å². The minimum atomic E-state index is 0. The number of halogens is 2. The molecule has 4 rings (SSSR count). The van der Waals surface area contributed by atoms with Crippen LogP contribution in [-0.2, 0) is 12.8 Å². The van der Waals surface area contributed by atoms with Gasteiger partial charge in [-0.05, 0) is 74.3 Å². The van der Waals surface area contributed by atoms with Crippen molar-refractivity contribution in [1.82, 2.24) is 15.3 Å². The first-order valence-electron chi connectivity index (χ1n) is 10.1. The van der Waals surface area contributed by atoms with Crippen LogP contribution in [0, 0.1) is 36.5 Å². The number of nitrogens with zero attached hydrogens (tertiary/aromatic N) is 4. The van der Waals surface area contributed by atoms with Crippen molar-refractivity contribution >= 4 is 36.4 Å². The number of rotatable bonds is 4. The van der Waals surface area contributed by atoms with Crippen LogP contribution in [0.3, 0.4) is 0 Å². The molecule has 7 nitrogen and oxygen atoms in total. The van der Waals surface area contributed by atoms with Crippen LogP contribution in [-0.4, -0.2) is 23.1 Å². The van der Waals surface area contributed by atoms with Crippen molar-refractivity contribution in [3.63, 3.8) is 0 Å². The molecule has 0 bridgehead atoms. The summed E-state index contributed by atoms with van der Waals surface area (Å²) >= 11 is 0. The number of ether oxygens (including phenoxy) is 1. The Bertz CT molecular complexity index is 1190. The summed E-state index contributed by atoms with van der Waals surface area (Å²) in [7, 11) is 0. The van der Waals surface area contributed by atoms with E-state index in [4.69, 9.17) is 15.0 Å². The fourth-order valence-corrected chi connectivity index (χ4v) is 3.68. The third-order valence-electron chi connectivity index (χ3n) is 5.20. The topological polar surface area (TPSA) is 107 Å². The highest BCUT2D eigenvalue weighted by atomic mass is 35.5. The minimum Gasteiger partial charge on any atom is -0.438 e.